The van der Waals surface area contributed by atoms with Crippen molar-refractivity contribution >= 4 is 67.8 Å². The lowest BCUT2D eigenvalue weighted by atomic mass is 9.95. The van der Waals surface area contributed by atoms with Gasteiger partial charge in [0.2, 0.25) is 5.75 Å². The lowest BCUT2D eigenvalue weighted by Gasteiger charge is -2.30. The van der Waals surface area contributed by atoms with E-state index >= 15 is 0 Å². The number of rotatable bonds is 12. The van der Waals surface area contributed by atoms with Crippen molar-refractivity contribution in [1.82, 2.24) is 16.1 Å². The summed E-state index contributed by atoms with van der Waals surface area (Å²) in [7, 11) is 0. The number of hydrogen-bond acceptors (Lipinski definition) is 9. The molecular formula is C34H30BrN5O7S. The van der Waals surface area contributed by atoms with E-state index in [0.717, 1.165) is 16.3 Å². The van der Waals surface area contributed by atoms with Crippen LogP contribution in [0.5, 0.6) is 11.5 Å². The van der Waals surface area contributed by atoms with E-state index < -0.39 is 29.4 Å². The van der Waals surface area contributed by atoms with Gasteiger partial charge < -0.3 is 24.8 Å². The molecule has 0 fully saturated rings. The molecule has 0 aliphatic carbocycles. The molecule has 0 bridgehead atoms. The first-order valence-electron chi connectivity index (χ1n) is 14.7. The zero-order valence-corrected chi connectivity index (χ0v) is 28.2. The minimum Gasteiger partial charge on any atom is -0.483 e. The van der Waals surface area contributed by atoms with Crippen LogP contribution in [0.3, 0.4) is 0 Å². The van der Waals surface area contributed by atoms with Crippen LogP contribution in [0.1, 0.15) is 36.6 Å². The molecule has 14 heteroatoms. The van der Waals surface area contributed by atoms with Crippen molar-refractivity contribution in [3.63, 3.8) is 0 Å². The van der Waals surface area contributed by atoms with Gasteiger partial charge in [-0.1, -0.05) is 60.7 Å². The van der Waals surface area contributed by atoms with Crippen molar-refractivity contribution in [1.29, 1.82) is 0 Å². The van der Waals surface area contributed by atoms with E-state index in [2.05, 4.69) is 37.1 Å². The van der Waals surface area contributed by atoms with E-state index in [1.807, 2.05) is 42.5 Å². The second kappa shape index (κ2) is 15.5. The number of hydrazone groups is 1. The first kappa shape index (κ1) is 34.0. The second-order valence-corrected chi connectivity index (χ2v) is 11.7. The highest BCUT2D eigenvalue weighted by atomic mass is 79.9. The van der Waals surface area contributed by atoms with E-state index in [-0.39, 0.29) is 24.7 Å². The van der Waals surface area contributed by atoms with Crippen LogP contribution in [-0.2, 0) is 20.9 Å². The lowest BCUT2D eigenvalue weighted by Crippen LogP contribution is -2.45. The highest BCUT2D eigenvalue weighted by Crippen LogP contribution is 2.37. The summed E-state index contributed by atoms with van der Waals surface area (Å²) < 4.78 is 17.3. The lowest BCUT2D eigenvalue weighted by molar-refractivity contribution is -0.386. The summed E-state index contributed by atoms with van der Waals surface area (Å²) in [4.78, 5) is 36.8. The molecule has 1 aliphatic rings. The Labute approximate surface area is 289 Å². The topological polar surface area (TPSA) is 153 Å². The van der Waals surface area contributed by atoms with Crippen molar-refractivity contribution in [2.45, 2.75) is 26.5 Å². The molecule has 0 radical (unpaired) electrons. The number of benzene rings is 4. The van der Waals surface area contributed by atoms with E-state index in [9.17, 15) is 19.7 Å². The summed E-state index contributed by atoms with van der Waals surface area (Å²) in [5.41, 5.74) is 4.77. The molecule has 1 atom stereocenters. The van der Waals surface area contributed by atoms with Crippen molar-refractivity contribution < 1.29 is 28.7 Å². The number of halogens is 1. The molecule has 4 aromatic rings. The van der Waals surface area contributed by atoms with Crippen molar-refractivity contribution in [2.24, 2.45) is 5.10 Å². The van der Waals surface area contributed by atoms with Gasteiger partial charge in [0.25, 0.3) is 5.91 Å². The third kappa shape index (κ3) is 7.96. The molecule has 1 aliphatic heterocycles. The highest BCUT2D eigenvalue weighted by molar-refractivity contribution is 9.10. The van der Waals surface area contributed by atoms with Crippen molar-refractivity contribution in [3.05, 3.63) is 121 Å². The maximum Gasteiger partial charge on any atom is 0.338 e. The minimum atomic E-state index is -0.677. The normalized spacial score (nSPS) is 14.3. The largest absolute Gasteiger partial charge is 0.483 e. The van der Waals surface area contributed by atoms with Crippen LogP contribution < -0.4 is 25.5 Å². The maximum absolute atomic E-state index is 12.8. The summed E-state index contributed by atoms with van der Waals surface area (Å²) in [5.74, 6) is -0.690. The van der Waals surface area contributed by atoms with Crippen molar-refractivity contribution in [3.8, 4) is 11.5 Å². The van der Waals surface area contributed by atoms with Crippen LogP contribution in [0.2, 0.25) is 0 Å². The monoisotopic (exact) mass is 731 g/mol. The van der Waals surface area contributed by atoms with E-state index in [4.69, 9.17) is 26.4 Å². The van der Waals surface area contributed by atoms with Crippen LogP contribution in [0, 0.1) is 10.1 Å². The average Bonchev–Trinajstić information content (AvgIpc) is 3.06. The fourth-order valence-electron chi connectivity index (χ4n) is 5.13. The smallest absolute Gasteiger partial charge is 0.338 e. The Hall–Kier alpha value is -5.34. The number of para-hydroxylation sites is 1. The Kier molecular flexibility index (Phi) is 11.0. The average molecular weight is 733 g/mol. The fraction of sp³-hybridized carbons (Fsp3) is 0.176. The molecule has 1 amide bonds. The Morgan fingerprint density at radius 1 is 1.08 bits per heavy atom. The number of nitro groups is 1. The number of fused-ring (bicyclic) bond motifs is 1. The Morgan fingerprint density at radius 3 is 2.62 bits per heavy atom. The molecule has 48 heavy (non-hydrogen) atoms. The molecule has 4 aromatic carbocycles. The third-order valence-corrected chi connectivity index (χ3v) is 8.06. The van der Waals surface area contributed by atoms with E-state index in [0.29, 0.717) is 37.7 Å². The van der Waals surface area contributed by atoms with Crippen LogP contribution in [0.15, 0.2) is 99.7 Å². The predicted molar refractivity (Wildman–Crippen MR) is 188 cm³/mol. The Bertz CT molecular complexity index is 1960. The van der Waals surface area contributed by atoms with Gasteiger partial charge >= 0.3 is 11.7 Å². The maximum atomic E-state index is 12.8. The first-order chi connectivity index (χ1) is 23.2. The molecule has 0 saturated carbocycles. The van der Waals surface area contributed by atoms with Crippen LogP contribution >= 0.6 is 28.1 Å². The summed E-state index contributed by atoms with van der Waals surface area (Å²) in [6.07, 6.45) is 1.27. The summed E-state index contributed by atoms with van der Waals surface area (Å²) >= 11 is 8.69. The number of thiocarbonyl (C=S) groups is 1. The quantitative estimate of drug-likeness (QED) is 0.0522. The number of ether oxygens (including phenoxy) is 3. The molecular weight excluding hydrogens is 702 g/mol. The van der Waals surface area contributed by atoms with E-state index in [1.165, 1.54) is 12.3 Å². The van der Waals surface area contributed by atoms with Gasteiger partial charge in [0.1, 0.15) is 12.4 Å². The first-order valence-corrected chi connectivity index (χ1v) is 15.9. The molecule has 0 saturated heterocycles. The number of amides is 1. The predicted octanol–water partition coefficient (Wildman–Crippen LogP) is 5.97. The number of carbonyl (C=O) groups excluding carboxylic acids is 2. The standard InChI is InChI=1S/C34H30BrN5O7S/c1-3-45-33(42)30-20(2)37-34(48)38-31(30)25-13-6-7-14-28(25)46-19-29(41)39-36-17-21-15-26(35)32(27(16-21)40(43)44)47-18-23-11-8-10-22-9-4-5-12-24(22)23/h4-17,31H,3,18-19H2,1-2H3,(H,39,41)(H2,37,38,48)/t31-/m1/s1. The zero-order chi connectivity index (χ0) is 34.2. The molecule has 12 nitrogen and oxygen atoms in total. The van der Waals surface area contributed by atoms with Crippen LogP contribution in [-0.4, -0.2) is 41.3 Å². The van der Waals surface area contributed by atoms with Crippen molar-refractivity contribution in [2.75, 3.05) is 13.2 Å². The fourth-order valence-corrected chi connectivity index (χ4v) is 5.98. The number of nitrogens with one attached hydrogen (secondary N) is 3. The van der Waals surface area contributed by atoms with Gasteiger partial charge in [-0.2, -0.15) is 5.10 Å². The molecule has 246 valence electrons. The van der Waals surface area contributed by atoms with Gasteiger partial charge in [-0.15, -0.1) is 0 Å². The Balaban J connectivity index is 1.25. The molecule has 3 N–H and O–H groups in total. The summed E-state index contributed by atoms with van der Waals surface area (Å²) in [5, 5.41) is 24.3. The summed E-state index contributed by atoms with van der Waals surface area (Å²) in [6.45, 7) is 3.34. The number of hydrogen-bond donors (Lipinski definition) is 3. The minimum absolute atomic E-state index is 0.0707. The zero-order valence-electron chi connectivity index (χ0n) is 25.8. The second-order valence-electron chi connectivity index (χ2n) is 10.4. The van der Waals surface area contributed by atoms with Gasteiger partial charge in [0, 0.05) is 22.9 Å². The number of allylic oxidation sites excluding steroid dienone is 1. The number of carbonyl (C=O) groups is 2. The molecule has 0 unspecified atom stereocenters. The van der Waals surface area contributed by atoms with E-state index in [1.54, 1.807) is 44.2 Å². The van der Waals surface area contributed by atoms with Gasteiger partial charge in [-0.3, -0.25) is 14.9 Å². The molecule has 0 spiro atoms. The third-order valence-electron chi connectivity index (χ3n) is 7.25. The SMILES string of the molecule is CCOC(=O)C1=C(C)NC(=S)N[C@@H]1c1ccccc1OCC(=O)NN=Cc1cc(Br)c(OCc2cccc3ccccc23)c([N+](=O)[O-])c1. The van der Waals surface area contributed by atoms with Gasteiger partial charge in [0.15, 0.2) is 11.7 Å². The Morgan fingerprint density at radius 2 is 1.83 bits per heavy atom. The van der Waals surface area contributed by atoms with Crippen LogP contribution in [0.4, 0.5) is 5.69 Å². The number of nitrogens with zero attached hydrogens (tertiary/aromatic N) is 2. The highest BCUT2D eigenvalue weighted by Gasteiger charge is 2.32. The summed E-state index contributed by atoms with van der Waals surface area (Å²) in [6, 6.07) is 22.8. The number of nitro benzene ring substituents is 1. The molecule has 0 aromatic heterocycles. The van der Waals surface area contributed by atoms with Gasteiger partial charge in [-0.25, -0.2) is 10.2 Å². The molecule has 5 rings (SSSR count). The van der Waals surface area contributed by atoms with Crippen LogP contribution in [0.25, 0.3) is 10.8 Å². The number of esters is 1. The van der Waals surface area contributed by atoms with Gasteiger partial charge in [0.05, 0.1) is 33.8 Å². The van der Waals surface area contributed by atoms with Gasteiger partial charge in [-0.05, 0) is 70.5 Å². The molecule has 1 heterocycles.